The largest absolute Gasteiger partial charge is 0.497 e. The Morgan fingerprint density at radius 3 is 2.63 bits per heavy atom. The van der Waals surface area contributed by atoms with E-state index < -0.39 is 0 Å². The predicted octanol–water partition coefficient (Wildman–Crippen LogP) is 4.04. The second-order valence-corrected chi connectivity index (χ2v) is 6.98. The molecular weight excluding hydrogens is 360 g/mol. The number of ether oxygens (including phenoxy) is 1. The lowest BCUT2D eigenvalue weighted by molar-refractivity contribution is -0.116. The lowest BCUT2D eigenvalue weighted by Crippen LogP contribution is -2.12. The molecule has 0 aliphatic rings. The highest BCUT2D eigenvalue weighted by Crippen LogP contribution is 2.24. The van der Waals surface area contributed by atoms with Gasteiger partial charge in [0.2, 0.25) is 16.0 Å². The van der Waals surface area contributed by atoms with Crippen LogP contribution in [0.25, 0.3) is 16.2 Å². The first-order chi connectivity index (χ1) is 13.2. The number of carbonyl (C=O) groups excluding carboxylic acids is 1. The number of fused-ring (bicyclic) bond motifs is 1. The number of nitrogens with zero attached hydrogens (tertiary/aromatic N) is 3. The highest BCUT2D eigenvalue weighted by Gasteiger charge is 2.12. The zero-order valence-corrected chi connectivity index (χ0v) is 15.6. The van der Waals surface area contributed by atoms with Crippen molar-refractivity contribution in [2.24, 2.45) is 0 Å². The summed E-state index contributed by atoms with van der Waals surface area (Å²) in [4.78, 5) is 17.5. The number of nitrogens with one attached hydrogen (secondary N) is 1. The van der Waals surface area contributed by atoms with E-state index in [4.69, 9.17) is 4.74 Å². The summed E-state index contributed by atoms with van der Waals surface area (Å²) in [5, 5.41) is 7.81. The van der Waals surface area contributed by atoms with Gasteiger partial charge in [0.15, 0.2) is 0 Å². The van der Waals surface area contributed by atoms with Crippen molar-refractivity contribution in [2.45, 2.75) is 12.8 Å². The molecule has 0 spiro atoms. The van der Waals surface area contributed by atoms with E-state index in [1.165, 1.54) is 11.3 Å². The van der Waals surface area contributed by atoms with Gasteiger partial charge in [0.25, 0.3) is 0 Å². The summed E-state index contributed by atoms with van der Waals surface area (Å²) in [5.74, 6) is 0.746. The van der Waals surface area contributed by atoms with Crippen LogP contribution >= 0.6 is 11.3 Å². The van der Waals surface area contributed by atoms with Gasteiger partial charge in [-0.25, -0.2) is 9.50 Å². The molecule has 7 heteroatoms. The van der Waals surface area contributed by atoms with E-state index in [0.717, 1.165) is 27.5 Å². The van der Waals surface area contributed by atoms with Crippen LogP contribution in [-0.4, -0.2) is 27.6 Å². The number of hydrogen-bond acceptors (Lipinski definition) is 5. The molecule has 0 saturated heterocycles. The van der Waals surface area contributed by atoms with Crippen LogP contribution in [0.5, 0.6) is 5.75 Å². The average Bonchev–Trinajstić information content (AvgIpc) is 3.26. The number of amides is 1. The molecule has 2 aromatic carbocycles. The van der Waals surface area contributed by atoms with E-state index in [2.05, 4.69) is 15.4 Å². The Balaban J connectivity index is 1.37. The normalized spacial score (nSPS) is 10.9. The quantitative estimate of drug-likeness (QED) is 0.550. The third kappa shape index (κ3) is 3.98. The molecule has 0 atom stereocenters. The Kier molecular flexibility index (Phi) is 4.84. The van der Waals surface area contributed by atoms with Crippen molar-refractivity contribution in [1.82, 2.24) is 14.6 Å². The fourth-order valence-electron chi connectivity index (χ4n) is 2.73. The molecule has 0 unspecified atom stereocenters. The van der Waals surface area contributed by atoms with Crippen molar-refractivity contribution in [3.8, 4) is 17.0 Å². The first kappa shape index (κ1) is 17.2. The molecule has 4 rings (SSSR count). The first-order valence-electron chi connectivity index (χ1n) is 8.56. The molecule has 27 heavy (non-hydrogen) atoms. The molecule has 0 radical (unpaired) electrons. The van der Waals surface area contributed by atoms with Gasteiger partial charge >= 0.3 is 0 Å². The van der Waals surface area contributed by atoms with Gasteiger partial charge in [-0.3, -0.25) is 4.79 Å². The number of carbonyl (C=O) groups is 1. The van der Waals surface area contributed by atoms with E-state index in [0.29, 0.717) is 18.0 Å². The summed E-state index contributed by atoms with van der Waals surface area (Å²) >= 11 is 1.36. The lowest BCUT2D eigenvalue weighted by atomic mass is 10.1. The summed E-state index contributed by atoms with van der Waals surface area (Å²) in [6.07, 6.45) is 2.92. The first-order valence-corrected chi connectivity index (χ1v) is 9.37. The maximum atomic E-state index is 12.2. The van der Waals surface area contributed by atoms with Crippen molar-refractivity contribution in [1.29, 1.82) is 0 Å². The molecule has 0 bridgehead atoms. The standard InChI is InChI=1S/C20H18N4O2S/c1-26-16-10-7-14(8-11-16)9-12-18(25)22-19-23-24-13-17(21-20(24)27-19)15-5-3-2-4-6-15/h2-8,10-11,13H,9,12H2,1H3,(H,22,23,25). The minimum absolute atomic E-state index is 0.0638. The topological polar surface area (TPSA) is 68.5 Å². The molecule has 0 saturated carbocycles. The molecule has 2 heterocycles. The minimum atomic E-state index is -0.0638. The van der Waals surface area contributed by atoms with Gasteiger partial charge in [-0.15, -0.1) is 5.10 Å². The number of aromatic nitrogens is 3. The SMILES string of the molecule is COc1ccc(CCC(=O)Nc2nn3cc(-c4ccccc4)nc3s2)cc1. The van der Waals surface area contributed by atoms with Crippen molar-refractivity contribution in [3.63, 3.8) is 0 Å². The van der Waals surface area contributed by atoms with Gasteiger partial charge in [-0.2, -0.15) is 0 Å². The molecule has 0 aliphatic heterocycles. The van der Waals surface area contributed by atoms with Crippen molar-refractivity contribution in [2.75, 3.05) is 12.4 Å². The van der Waals surface area contributed by atoms with Gasteiger partial charge in [0.05, 0.1) is 19.0 Å². The van der Waals surface area contributed by atoms with E-state index in [-0.39, 0.29) is 5.91 Å². The van der Waals surface area contributed by atoms with E-state index in [1.54, 1.807) is 11.6 Å². The van der Waals surface area contributed by atoms with Gasteiger partial charge in [0.1, 0.15) is 5.75 Å². The summed E-state index contributed by atoms with van der Waals surface area (Å²) in [6.45, 7) is 0. The number of anilines is 1. The number of rotatable bonds is 6. The van der Waals surface area contributed by atoms with Crippen LogP contribution in [0.15, 0.2) is 60.8 Å². The van der Waals surface area contributed by atoms with Crippen LogP contribution in [0.1, 0.15) is 12.0 Å². The van der Waals surface area contributed by atoms with Crippen LogP contribution in [0.2, 0.25) is 0 Å². The number of imidazole rings is 1. The monoisotopic (exact) mass is 378 g/mol. The summed E-state index contributed by atoms with van der Waals surface area (Å²) in [7, 11) is 1.64. The van der Waals surface area contributed by atoms with E-state index in [1.807, 2.05) is 60.8 Å². The maximum Gasteiger partial charge on any atom is 0.226 e. The fourth-order valence-corrected chi connectivity index (χ4v) is 3.53. The van der Waals surface area contributed by atoms with Crippen LogP contribution in [0, 0.1) is 0 Å². The zero-order valence-electron chi connectivity index (χ0n) is 14.8. The van der Waals surface area contributed by atoms with E-state index >= 15 is 0 Å². The number of methoxy groups -OCH3 is 1. The molecule has 136 valence electrons. The molecule has 1 amide bonds. The summed E-state index contributed by atoms with van der Waals surface area (Å²) in [6, 6.07) is 17.7. The van der Waals surface area contributed by atoms with Crippen molar-refractivity contribution in [3.05, 3.63) is 66.4 Å². The van der Waals surface area contributed by atoms with Crippen LogP contribution in [0.3, 0.4) is 0 Å². The van der Waals surface area contributed by atoms with Gasteiger partial charge in [-0.05, 0) is 24.1 Å². The second-order valence-electron chi connectivity index (χ2n) is 6.02. The van der Waals surface area contributed by atoms with Crippen molar-refractivity contribution < 1.29 is 9.53 Å². The van der Waals surface area contributed by atoms with Crippen LogP contribution in [-0.2, 0) is 11.2 Å². The molecule has 0 fully saturated rings. The lowest BCUT2D eigenvalue weighted by Gasteiger charge is -2.03. The number of aryl methyl sites for hydroxylation is 1. The molecule has 4 aromatic rings. The Morgan fingerprint density at radius 2 is 1.93 bits per heavy atom. The second kappa shape index (κ2) is 7.59. The zero-order chi connectivity index (χ0) is 18.6. The smallest absolute Gasteiger partial charge is 0.226 e. The van der Waals surface area contributed by atoms with Crippen LogP contribution < -0.4 is 10.1 Å². The Morgan fingerprint density at radius 1 is 1.15 bits per heavy atom. The molecule has 1 N–H and O–H groups in total. The van der Waals surface area contributed by atoms with Gasteiger partial charge < -0.3 is 10.1 Å². The van der Waals surface area contributed by atoms with Crippen molar-refractivity contribution >= 4 is 27.3 Å². The Labute approximate surface area is 160 Å². The van der Waals surface area contributed by atoms with Gasteiger partial charge in [-0.1, -0.05) is 53.8 Å². The fraction of sp³-hybridized carbons (Fsp3) is 0.150. The Hall–Kier alpha value is -3.19. The third-order valence-corrected chi connectivity index (χ3v) is 5.00. The molecule has 0 aliphatic carbocycles. The number of hydrogen-bond donors (Lipinski definition) is 1. The highest BCUT2D eigenvalue weighted by atomic mass is 32.1. The molecular formula is C20H18N4O2S. The van der Waals surface area contributed by atoms with Gasteiger partial charge in [0, 0.05) is 12.0 Å². The van der Waals surface area contributed by atoms with E-state index in [9.17, 15) is 4.79 Å². The third-order valence-electron chi connectivity index (χ3n) is 4.16. The summed E-state index contributed by atoms with van der Waals surface area (Å²) < 4.78 is 6.84. The highest BCUT2D eigenvalue weighted by molar-refractivity contribution is 7.20. The van der Waals surface area contributed by atoms with Crippen LogP contribution in [0.4, 0.5) is 5.13 Å². The maximum absolute atomic E-state index is 12.2. The number of benzene rings is 2. The minimum Gasteiger partial charge on any atom is -0.497 e. The molecule has 2 aromatic heterocycles. The average molecular weight is 378 g/mol. The molecule has 6 nitrogen and oxygen atoms in total. The predicted molar refractivity (Wildman–Crippen MR) is 106 cm³/mol. The summed E-state index contributed by atoms with van der Waals surface area (Å²) in [5.41, 5.74) is 3.00. The Bertz CT molecular complexity index is 1020.